The number of nitrogens with zero attached hydrogens (tertiary/aromatic N) is 1. The van der Waals surface area contributed by atoms with Crippen molar-refractivity contribution in [3.8, 4) is 0 Å². The largest absolute Gasteiger partial charge is 0.357 e. The molecule has 2 aromatic heterocycles. The van der Waals surface area contributed by atoms with E-state index in [1.165, 1.54) is 13.3 Å². The third-order valence-corrected chi connectivity index (χ3v) is 4.00. The Morgan fingerprint density at radius 3 is 2.84 bits per heavy atom. The SMILES string of the molecule is CC(=O)N[C@@H](Cc1cnc[nH]1)C(=O)NCc1cc2cc(Cl)ccc2[nH]1. The molecule has 0 radical (unpaired) electrons. The van der Waals surface area contributed by atoms with Crippen molar-refractivity contribution in [3.63, 3.8) is 0 Å². The topological polar surface area (TPSA) is 103 Å². The fourth-order valence-electron chi connectivity index (χ4n) is 2.64. The summed E-state index contributed by atoms with van der Waals surface area (Å²) in [5.41, 5.74) is 2.58. The van der Waals surface area contributed by atoms with Gasteiger partial charge in [-0.25, -0.2) is 4.98 Å². The fraction of sp³-hybridized carbons (Fsp3) is 0.235. The first kappa shape index (κ1) is 17.0. The van der Waals surface area contributed by atoms with Crippen LogP contribution in [0.5, 0.6) is 0 Å². The van der Waals surface area contributed by atoms with Gasteiger partial charge in [0.2, 0.25) is 11.8 Å². The molecular formula is C17H18ClN5O2. The average molecular weight is 360 g/mol. The summed E-state index contributed by atoms with van der Waals surface area (Å²) in [6.07, 6.45) is 3.50. The van der Waals surface area contributed by atoms with Gasteiger partial charge in [0.05, 0.1) is 12.9 Å². The Morgan fingerprint density at radius 2 is 2.12 bits per heavy atom. The minimum atomic E-state index is -0.670. The molecule has 2 amide bonds. The van der Waals surface area contributed by atoms with Crippen LogP contribution in [0.4, 0.5) is 0 Å². The molecule has 0 aliphatic heterocycles. The summed E-state index contributed by atoms with van der Waals surface area (Å²) in [5.74, 6) is -0.526. The van der Waals surface area contributed by atoms with Crippen LogP contribution < -0.4 is 10.6 Å². The Labute approximate surface area is 149 Å². The summed E-state index contributed by atoms with van der Waals surface area (Å²) >= 11 is 5.98. The molecule has 3 aromatic rings. The van der Waals surface area contributed by atoms with E-state index in [1.807, 2.05) is 18.2 Å². The molecule has 0 saturated carbocycles. The number of aromatic nitrogens is 3. The molecule has 130 valence electrons. The number of hydrogen-bond acceptors (Lipinski definition) is 3. The predicted molar refractivity (Wildman–Crippen MR) is 95.1 cm³/mol. The van der Waals surface area contributed by atoms with Crippen molar-refractivity contribution in [1.82, 2.24) is 25.6 Å². The van der Waals surface area contributed by atoms with Crippen molar-refractivity contribution >= 4 is 34.3 Å². The second-order valence-corrected chi connectivity index (χ2v) is 6.21. The van der Waals surface area contributed by atoms with Crippen LogP contribution in [-0.2, 0) is 22.6 Å². The lowest BCUT2D eigenvalue weighted by Gasteiger charge is -2.16. The van der Waals surface area contributed by atoms with Crippen molar-refractivity contribution in [1.29, 1.82) is 0 Å². The lowest BCUT2D eigenvalue weighted by Crippen LogP contribution is -2.47. The standard InChI is InChI=1S/C17H18ClN5O2/c1-10(24)22-16(6-13-7-19-9-21-13)17(25)20-8-14-5-11-4-12(18)2-3-15(11)23-14/h2-5,7,9,16,23H,6,8H2,1H3,(H,19,21)(H,20,25)(H,22,24)/t16-/m0/s1. The number of carbonyl (C=O) groups is 2. The maximum atomic E-state index is 12.5. The molecule has 0 aliphatic carbocycles. The lowest BCUT2D eigenvalue weighted by molar-refractivity contribution is -0.128. The summed E-state index contributed by atoms with van der Waals surface area (Å²) < 4.78 is 0. The number of hydrogen-bond donors (Lipinski definition) is 4. The average Bonchev–Trinajstić information content (AvgIpc) is 3.20. The zero-order valence-corrected chi connectivity index (χ0v) is 14.4. The van der Waals surface area contributed by atoms with E-state index < -0.39 is 6.04 Å². The van der Waals surface area contributed by atoms with Gasteiger partial charge in [-0.1, -0.05) is 11.6 Å². The van der Waals surface area contributed by atoms with E-state index in [4.69, 9.17) is 11.6 Å². The molecular weight excluding hydrogens is 342 g/mol. The van der Waals surface area contributed by atoms with Gasteiger partial charge in [-0.15, -0.1) is 0 Å². The van der Waals surface area contributed by atoms with Crippen LogP contribution >= 0.6 is 11.6 Å². The smallest absolute Gasteiger partial charge is 0.243 e. The highest BCUT2D eigenvalue weighted by molar-refractivity contribution is 6.31. The van der Waals surface area contributed by atoms with Crippen LogP contribution in [-0.4, -0.2) is 32.8 Å². The monoisotopic (exact) mass is 359 g/mol. The van der Waals surface area contributed by atoms with Crippen molar-refractivity contribution in [2.75, 3.05) is 0 Å². The second-order valence-electron chi connectivity index (χ2n) is 5.78. The lowest BCUT2D eigenvalue weighted by atomic mass is 10.1. The Kier molecular flexibility index (Phi) is 5.04. The molecule has 25 heavy (non-hydrogen) atoms. The first-order chi connectivity index (χ1) is 12.0. The summed E-state index contributed by atoms with van der Waals surface area (Å²) in [5, 5.41) is 7.14. The number of amides is 2. The van der Waals surface area contributed by atoms with Gasteiger partial charge in [0, 0.05) is 46.9 Å². The zero-order chi connectivity index (χ0) is 17.8. The van der Waals surface area contributed by atoms with Crippen LogP contribution in [0.25, 0.3) is 10.9 Å². The van der Waals surface area contributed by atoms with Crippen molar-refractivity contribution in [2.45, 2.75) is 25.9 Å². The van der Waals surface area contributed by atoms with Crippen LogP contribution in [0.3, 0.4) is 0 Å². The van der Waals surface area contributed by atoms with Crippen molar-refractivity contribution < 1.29 is 9.59 Å². The number of nitrogens with one attached hydrogen (secondary N) is 4. The van der Waals surface area contributed by atoms with Gasteiger partial charge in [-0.2, -0.15) is 0 Å². The maximum absolute atomic E-state index is 12.5. The number of benzene rings is 1. The van der Waals surface area contributed by atoms with E-state index in [0.717, 1.165) is 22.3 Å². The van der Waals surface area contributed by atoms with Crippen molar-refractivity contribution in [3.05, 3.63) is 53.2 Å². The molecule has 1 aromatic carbocycles. The van der Waals surface area contributed by atoms with Crippen LogP contribution in [0.15, 0.2) is 36.8 Å². The summed E-state index contributed by atoms with van der Waals surface area (Å²) in [6, 6.07) is 6.82. The number of halogens is 1. The summed E-state index contributed by atoms with van der Waals surface area (Å²) in [6.45, 7) is 1.71. The molecule has 7 nitrogen and oxygen atoms in total. The van der Waals surface area contributed by atoms with E-state index in [-0.39, 0.29) is 11.8 Å². The van der Waals surface area contributed by atoms with Gasteiger partial charge < -0.3 is 20.6 Å². The van der Waals surface area contributed by atoms with E-state index in [0.29, 0.717) is 18.0 Å². The molecule has 0 unspecified atom stereocenters. The van der Waals surface area contributed by atoms with Gasteiger partial charge in [0.25, 0.3) is 0 Å². The van der Waals surface area contributed by atoms with E-state index >= 15 is 0 Å². The second kappa shape index (κ2) is 7.40. The quantitative estimate of drug-likeness (QED) is 0.540. The highest BCUT2D eigenvalue weighted by Crippen LogP contribution is 2.20. The van der Waals surface area contributed by atoms with Gasteiger partial charge in [-0.05, 0) is 24.3 Å². The van der Waals surface area contributed by atoms with Gasteiger partial charge in [-0.3, -0.25) is 9.59 Å². The molecule has 4 N–H and O–H groups in total. The van der Waals surface area contributed by atoms with Crippen LogP contribution in [0, 0.1) is 0 Å². The Balaban J connectivity index is 1.66. The van der Waals surface area contributed by atoms with Crippen LogP contribution in [0.2, 0.25) is 5.02 Å². The first-order valence-electron chi connectivity index (χ1n) is 7.80. The summed E-state index contributed by atoms with van der Waals surface area (Å²) in [4.78, 5) is 33.9. The van der Waals surface area contributed by atoms with Gasteiger partial charge in [0.1, 0.15) is 6.04 Å². The van der Waals surface area contributed by atoms with Crippen LogP contribution in [0.1, 0.15) is 18.3 Å². The van der Waals surface area contributed by atoms with Gasteiger partial charge in [0.15, 0.2) is 0 Å². The number of rotatable bonds is 6. The molecule has 1 atom stereocenters. The minimum absolute atomic E-state index is 0.263. The Hall–Kier alpha value is -2.80. The molecule has 2 heterocycles. The Bertz CT molecular complexity index is 888. The number of H-pyrrole nitrogens is 2. The minimum Gasteiger partial charge on any atom is -0.357 e. The molecule has 0 aliphatic rings. The summed E-state index contributed by atoms with van der Waals surface area (Å²) in [7, 11) is 0. The fourth-order valence-corrected chi connectivity index (χ4v) is 2.82. The molecule has 0 saturated heterocycles. The number of carbonyl (C=O) groups excluding carboxylic acids is 2. The van der Waals surface area contributed by atoms with E-state index in [1.54, 1.807) is 12.3 Å². The van der Waals surface area contributed by atoms with Crippen molar-refractivity contribution in [2.24, 2.45) is 0 Å². The highest BCUT2D eigenvalue weighted by atomic mass is 35.5. The molecule has 3 rings (SSSR count). The third kappa shape index (κ3) is 4.39. The molecule has 0 spiro atoms. The van der Waals surface area contributed by atoms with E-state index in [9.17, 15) is 9.59 Å². The highest BCUT2D eigenvalue weighted by Gasteiger charge is 2.20. The normalized spacial score (nSPS) is 12.1. The Morgan fingerprint density at radius 1 is 1.28 bits per heavy atom. The maximum Gasteiger partial charge on any atom is 0.243 e. The van der Waals surface area contributed by atoms with E-state index in [2.05, 4.69) is 25.6 Å². The first-order valence-corrected chi connectivity index (χ1v) is 8.18. The molecule has 8 heteroatoms. The molecule has 0 bridgehead atoms. The molecule has 0 fully saturated rings. The number of fused-ring (bicyclic) bond motifs is 1. The number of aromatic amines is 2. The number of imidazole rings is 1. The third-order valence-electron chi connectivity index (χ3n) is 3.76. The zero-order valence-electron chi connectivity index (χ0n) is 13.6. The predicted octanol–water partition coefficient (Wildman–Crippen LogP) is 1.91. The van der Waals surface area contributed by atoms with Gasteiger partial charge >= 0.3 is 0 Å².